The highest BCUT2D eigenvalue weighted by Gasteiger charge is 2.50. The van der Waals surface area contributed by atoms with Crippen LogP contribution in [0, 0.1) is 0 Å². The molecule has 0 rings (SSSR count). The monoisotopic (exact) mass is 224 g/mol. The highest BCUT2D eigenvalue weighted by atomic mass is 19.4. The molecule has 0 aliphatic carbocycles. The molecule has 8 heteroatoms. The molecule has 1 unspecified atom stereocenters. The van der Waals surface area contributed by atoms with Crippen LogP contribution in [0.3, 0.4) is 0 Å². The van der Waals surface area contributed by atoms with Crippen molar-refractivity contribution in [2.75, 3.05) is 0 Å². The minimum absolute atomic E-state index is 0.0922. The van der Waals surface area contributed by atoms with Gasteiger partial charge in [0.05, 0.1) is 0 Å². The van der Waals surface area contributed by atoms with E-state index < -0.39 is 29.8 Å². The van der Waals surface area contributed by atoms with Gasteiger partial charge in [-0.25, -0.2) is 0 Å². The molecule has 0 aliphatic heterocycles. The van der Waals surface area contributed by atoms with Crippen molar-refractivity contribution in [3.63, 3.8) is 0 Å². The molecule has 0 heterocycles. The van der Waals surface area contributed by atoms with Crippen LogP contribution in [0.15, 0.2) is 11.8 Å². The zero-order valence-corrected chi connectivity index (χ0v) is 6.74. The summed E-state index contributed by atoms with van der Waals surface area (Å²) in [4.78, 5) is 0. The Morgan fingerprint density at radius 3 is 1.64 bits per heavy atom. The van der Waals surface area contributed by atoms with Gasteiger partial charge in [-0.05, 0) is 6.92 Å². The SMILES string of the molecule is CC(O)(/C=C(\O)C(F)(F)F)C(F)(F)F. The third kappa shape index (κ3) is 3.09. The van der Waals surface area contributed by atoms with E-state index in [4.69, 9.17) is 10.2 Å². The fraction of sp³-hybridized carbons (Fsp3) is 0.667. The van der Waals surface area contributed by atoms with E-state index in [0.717, 1.165) is 0 Å². The van der Waals surface area contributed by atoms with E-state index in [9.17, 15) is 26.3 Å². The second-order valence-corrected chi connectivity index (χ2v) is 2.67. The molecule has 2 nitrogen and oxygen atoms in total. The summed E-state index contributed by atoms with van der Waals surface area (Å²) in [6.07, 6.45) is -11.3. The van der Waals surface area contributed by atoms with Gasteiger partial charge in [-0.2, -0.15) is 26.3 Å². The van der Waals surface area contributed by atoms with Gasteiger partial charge in [0.15, 0.2) is 11.4 Å². The molecule has 14 heavy (non-hydrogen) atoms. The smallest absolute Gasteiger partial charge is 0.448 e. The van der Waals surface area contributed by atoms with Crippen LogP contribution in [0.4, 0.5) is 26.3 Å². The van der Waals surface area contributed by atoms with Crippen LogP contribution in [-0.4, -0.2) is 28.2 Å². The minimum atomic E-state index is -5.31. The number of hydrogen-bond donors (Lipinski definition) is 2. The summed E-state index contributed by atoms with van der Waals surface area (Å²) in [5.74, 6) is -2.49. The van der Waals surface area contributed by atoms with Crippen LogP contribution in [-0.2, 0) is 0 Å². The highest BCUT2D eigenvalue weighted by molar-refractivity contribution is 5.10. The molecule has 0 spiro atoms. The first-order chi connectivity index (χ1) is 5.88. The summed E-state index contributed by atoms with van der Waals surface area (Å²) in [5, 5.41) is 16.7. The van der Waals surface area contributed by atoms with Gasteiger partial charge in [0.1, 0.15) is 0 Å². The largest absolute Gasteiger partial charge is 0.504 e. The Kier molecular flexibility index (Phi) is 3.12. The van der Waals surface area contributed by atoms with Crippen molar-refractivity contribution in [3.05, 3.63) is 11.8 Å². The molecule has 0 bridgehead atoms. The predicted octanol–water partition coefficient (Wildman–Crippen LogP) is 2.30. The lowest BCUT2D eigenvalue weighted by atomic mass is 10.1. The molecule has 0 aliphatic rings. The first-order valence-corrected chi connectivity index (χ1v) is 3.16. The Hall–Kier alpha value is -0.920. The predicted molar refractivity (Wildman–Crippen MR) is 33.4 cm³/mol. The van der Waals surface area contributed by atoms with Crippen molar-refractivity contribution in [2.24, 2.45) is 0 Å². The molecule has 84 valence electrons. The standard InChI is InChI=1S/C6H6F6O2/c1-4(14,6(10,11)12)2-3(13)5(7,8)9/h2,13-14H,1H3/b3-2-. The number of alkyl halides is 6. The average Bonchev–Trinajstić information content (AvgIpc) is 1.80. The van der Waals surface area contributed by atoms with Gasteiger partial charge in [0.25, 0.3) is 0 Å². The molecular weight excluding hydrogens is 218 g/mol. The van der Waals surface area contributed by atoms with Gasteiger partial charge < -0.3 is 10.2 Å². The molecular formula is C6H6F6O2. The van der Waals surface area contributed by atoms with Crippen molar-refractivity contribution in [3.8, 4) is 0 Å². The van der Waals surface area contributed by atoms with Crippen molar-refractivity contribution < 1.29 is 36.6 Å². The zero-order chi connectivity index (χ0) is 11.8. The van der Waals surface area contributed by atoms with Gasteiger partial charge in [-0.1, -0.05) is 0 Å². The first-order valence-electron chi connectivity index (χ1n) is 3.16. The van der Waals surface area contributed by atoms with Crippen molar-refractivity contribution in [2.45, 2.75) is 24.9 Å². The van der Waals surface area contributed by atoms with E-state index in [1.54, 1.807) is 0 Å². The molecule has 0 aromatic carbocycles. The Morgan fingerprint density at radius 2 is 1.43 bits per heavy atom. The van der Waals surface area contributed by atoms with E-state index in [2.05, 4.69) is 0 Å². The number of rotatable bonds is 1. The highest BCUT2D eigenvalue weighted by Crippen LogP contribution is 2.34. The Balaban J connectivity index is 5.00. The Bertz CT molecular complexity index is 236. The summed E-state index contributed by atoms with van der Waals surface area (Å²) in [6, 6.07) is 0. The number of hydrogen-bond acceptors (Lipinski definition) is 2. The fourth-order valence-corrected chi connectivity index (χ4v) is 0.430. The molecule has 0 saturated heterocycles. The van der Waals surface area contributed by atoms with Crippen molar-refractivity contribution >= 4 is 0 Å². The molecule has 0 aromatic heterocycles. The lowest BCUT2D eigenvalue weighted by Gasteiger charge is -2.23. The van der Waals surface area contributed by atoms with Crippen LogP contribution in [0.2, 0.25) is 0 Å². The first kappa shape index (κ1) is 13.1. The van der Waals surface area contributed by atoms with Gasteiger partial charge in [0, 0.05) is 6.08 Å². The molecule has 1 atom stereocenters. The van der Waals surface area contributed by atoms with Gasteiger partial charge in [-0.3, -0.25) is 0 Å². The summed E-state index contributed by atoms with van der Waals surface area (Å²) >= 11 is 0. The molecule has 0 saturated carbocycles. The zero-order valence-electron chi connectivity index (χ0n) is 6.74. The number of halogens is 6. The summed E-state index contributed by atoms with van der Waals surface area (Å²) < 4.78 is 70.1. The van der Waals surface area contributed by atoms with E-state index in [1.165, 1.54) is 0 Å². The Morgan fingerprint density at radius 1 is 1.07 bits per heavy atom. The van der Waals surface area contributed by atoms with Crippen LogP contribution in [0.5, 0.6) is 0 Å². The molecule has 0 fully saturated rings. The summed E-state index contributed by atoms with van der Waals surface area (Å²) in [7, 11) is 0. The maximum absolute atomic E-state index is 11.8. The second kappa shape index (κ2) is 3.34. The van der Waals surface area contributed by atoms with Crippen molar-refractivity contribution in [1.82, 2.24) is 0 Å². The normalized spacial score (nSPS) is 19.3. The summed E-state index contributed by atoms with van der Waals surface area (Å²) in [6.45, 7) is 0.0922. The topological polar surface area (TPSA) is 40.5 Å². The van der Waals surface area contributed by atoms with Crippen LogP contribution in [0.1, 0.15) is 6.92 Å². The maximum Gasteiger partial charge on any atom is 0.448 e. The number of aliphatic hydroxyl groups is 2. The third-order valence-electron chi connectivity index (χ3n) is 1.28. The van der Waals surface area contributed by atoms with Gasteiger partial charge in [-0.15, -0.1) is 0 Å². The van der Waals surface area contributed by atoms with E-state index >= 15 is 0 Å². The van der Waals surface area contributed by atoms with Gasteiger partial charge >= 0.3 is 12.4 Å². The fourth-order valence-electron chi connectivity index (χ4n) is 0.430. The molecule has 2 N–H and O–H groups in total. The van der Waals surface area contributed by atoms with E-state index in [1.807, 2.05) is 0 Å². The number of allylic oxidation sites excluding steroid dienone is 1. The maximum atomic E-state index is 11.8. The average molecular weight is 224 g/mol. The second-order valence-electron chi connectivity index (χ2n) is 2.67. The van der Waals surface area contributed by atoms with E-state index in [-0.39, 0.29) is 6.92 Å². The van der Waals surface area contributed by atoms with Crippen LogP contribution in [0.25, 0.3) is 0 Å². The lowest BCUT2D eigenvalue weighted by molar-refractivity contribution is -0.234. The quantitative estimate of drug-likeness (QED) is 0.530. The summed E-state index contributed by atoms with van der Waals surface area (Å²) in [5.41, 5.74) is -3.72. The minimum Gasteiger partial charge on any atom is -0.504 e. The number of aliphatic hydroxyl groups excluding tert-OH is 1. The van der Waals surface area contributed by atoms with Crippen molar-refractivity contribution in [1.29, 1.82) is 0 Å². The van der Waals surface area contributed by atoms with Crippen LogP contribution < -0.4 is 0 Å². The van der Waals surface area contributed by atoms with Gasteiger partial charge in [0.2, 0.25) is 0 Å². The lowest BCUT2D eigenvalue weighted by Crippen LogP contribution is -2.41. The Labute approximate surface area is 74.5 Å². The third-order valence-corrected chi connectivity index (χ3v) is 1.28. The van der Waals surface area contributed by atoms with Crippen LogP contribution >= 0.6 is 0 Å². The van der Waals surface area contributed by atoms with E-state index in [0.29, 0.717) is 0 Å². The molecule has 0 radical (unpaired) electrons. The molecule has 0 amide bonds. The molecule has 0 aromatic rings.